The second kappa shape index (κ2) is 12.0. The first-order chi connectivity index (χ1) is 14.9. The lowest BCUT2D eigenvalue weighted by atomic mass is 10.1. The van der Waals surface area contributed by atoms with Gasteiger partial charge in [-0.1, -0.05) is 30.3 Å². The van der Waals surface area contributed by atoms with Crippen molar-refractivity contribution in [3.05, 3.63) is 62.7 Å². The molecule has 0 aliphatic heterocycles. The zero-order valence-electron chi connectivity index (χ0n) is 17.5. The van der Waals surface area contributed by atoms with Gasteiger partial charge in [0.2, 0.25) is 0 Å². The van der Waals surface area contributed by atoms with E-state index in [2.05, 4.69) is 5.32 Å². The van der Waals surface area contributed by atoms with E-state index in [-0.39, 0.29) is 24.8 Å². The van der Waals surface area contributed by atoms with Gasteiger partial charge in [0.05, 0.1) is 23.3 Å². The number of nitrogens with one attached hydrogen (secondary N) is 1. The molecule has 2 rings (SSSR count). The van der Waals surface area contributed by atoms with Crippen LogP contribution in [0.1, 0.15) is 31.0 Å². The molecule has 0 spiro atoms. The molecule has 0 aliphatic carbocycles. The van der Waals surface area contributed by atoms with Gasteiger partial charge in [0.15, 0.2) is 18.1 Å². The minimum absolute atomic E-state index is 0.0409. The third kappa shape index (κ3) is 7.00. The number of hydrogen-bond acceptors (Lipinski definition) is 6. The molecule has 162 valence electrons. The van der Waals surface area contributed by atoms with Gasteiger partial charge in [-0.3, -0.25) is 4.79 Å². The Kier molecular flexibility index (Phi) is 9.34. The summed E-state index contributed by atoms with van der Waals surface area (Å²) in [4.78, 5) is 24.2. The normalized spacial score (nSPS) is 11.8. The van der Waals surface area contributed by atoms with E-state index in [1.54, 1.807) is 19.1 Å². The molecule has 0 saturated heterocycles. The van der Waals surface area contributed by atoms with Crippen LogP contribution < -0.4 is 14.8 Å². The van der Waals surface area contributed by atoms with E-state index in [1.807, 2.05) is 65.9 Å². The van der Waals surface area contributed by atoms with Crippen molar-refractivity contribution in [1.82, 2.24) is 5.32 Å². The molecule has 2 aromatic rings. The number of methoxy groups -OCH3 is 1. The van der Waals surface area contributed by atoms with Crippen molar-refractivity contribution >= 4 is 40.5 Å². The fraction of sp³-hybridized carbons (Fsp3) is 0.261. The number of benzene rings is 2. The van der Waals surface area contributed by atoms with Gasteiger partial charge < -0.3 is 19.5 Å². The highest BCUT2D eigenvalue weighted by Gasteiger charge is 2.16. The minimum Gasteiger partial charge on any atom is -0.493 e. The molecule has 0 aromatic heterocycles. The van der Waals surface area contributed by atoms with E-state index >= 15 is 0 Å². The zero-order valence-corrected chi connectivity index (χ0v) is 19.6. The molecule has 1 N–H and O–H groups in total. The van der Waals surface area contributed by atoms with Crippen molar-refractivity contribution in [2.45, 2.75) is 19.9 Å². The molecule has 7 nitrogen and oxygen atoms in total. The first-order valence-electron chi connectivity index (χ1n) is 9.53. The average molecular weight is 534 g/mol. The van der Waals surface area contributed by atoms with Gasteiger partial charge in [0, 0.05) is 0 Å². The monoisotopic (exact) mass is 534 g/mol. The van der Waals surface area contributed by atoms with Gasteiger partial charge in [-0.2, -0.15) is 5.26 Å². The van der Waals surface area contributed by atoms with Crippen molar-refractivity contribution < 1.29 is 23.8 Å². The highest BCUT2D eigenvalue weighted by atomic mass is 127. The molecule has 0 aliphatic rings. The Morgan fingerprint density at radius 3 is 2.58 bits per heavy atom. The number of halogens is 1. The predicted octanol–water partition coefficient (Wildman–Crippen LogP) is 4.03. The summed E-state index contributed by atoms with van der Waals surface area (Å²) in [7, 11) is 1.47. The molecule has 0 heterocycles. The third-order valence-corrected chi connectivity index (χ3v) is 5.02. The van der Waals surface area contributed by atoms with Gasteiger partial charge in [-0.25, -0.2) is 4.79 Å². The van der Waals surface area contributed by atoms with Gasteiger partial charge in [-0.05, 0) is 65.8 Å². The number of nitriles is 1. The third-order valence-electron chi connectivity index (χ3n) is 4.21. The van der Waals surface area contributed by atoms with Crippen molar-refractivity contribution in [1.29, 1.82) is 5.26 Å². The smallest absolute Gasteiger partial charge is 0.344 e. The molecule has 2 aromatic carbocycles. The Morgan fingerprint density at radius 1 is 1.26 bits per heavy atom. The summed E-state index contributed by atoms with van der Waals surface area (Å²) in [5.41, 5.74) is 1.48. The fourth-order valence-electron chi connectivity index (χ4n) is 2.71. The number of hydrogen-bond donors (Lipinski definition) is 1. The maximum Gasteiger partial charge on any atom is 0.344 e. The largest absolute Gasteiger partial charge is 0.493 e. The number of carbonyl (C=O) groups is 2. The number of amides is 1. The molecule has 0 fully saturated rings. The van der Waals surface area contributed by atoms with Crippen LogP contribution in [0.3, 0.4) is 0 Å². The van der Waals surface area contributed by atoms with E-state index in [9.17, 15) is 14.9 Å². The summed E-state index contributed by atoms with van der Waals surface area (Å²) >= 11 is 2.04. The van der Waals surface area contributed by atoms with Crippen LogP contribution in [0.2, 0.25) is 0 Å². The lowest BCUT2D eigenvalue weighted by Crippen LogP contribution is -2.27. The van der Waals surface area contributed by atoms with Gasteiger partial charge in [0.1, 0.15) is 11.6 Å². The molecule has 31 heavy (non-hydrogen) atoms. The number of rotatable bonds is 9. The van der Waals surface area contributed by atoms with Crippen LogP contribution in [0.4, 0.5) is 0 Å². The van der Waals surface area contributed by atoms with Crippen LogP contribution in [0.25, 0.3) is 6.08 Å². The summed E-state index contributed by atoms with van der Waals surface area (Å²) in [6.45, 7) is 3.58. The van der Waals surface area contributed by atoms with Crippen molar-refractivity contribution in [3.8, 4) is 17.6 Å². The molecule has 1 amide bonds. The van der Waals surface area contributed by atoms with Gasteiger partial charge >= 0.3 is 5.97 Å². The lowest BCUT2D eigenvalue weighted by molar-refractivity contribution is -0.145. The number of carbonyl (C=O) groups excluding carboxylic acids is 2. The summed E-state index contributed by atoms with van der Waals surface area (Å²) in [5.74, 6) is -0.206. The summed E-state index contributed by atoms with van der Waals surface area (Å²) < 4.78 is 16.4. The average Bonchev–Trinajstić information content (AvgIpc) is 2.76. The Bertz CT molecular complexity index is 999. The number of esters is 1. The Balaban J connectivity index is 2.21. The fourth-order valence-corrected chi connectivity index (χ4v) is 3.49. The zero-order chi connectivity index (χ0) is 22.8. The number of nitrogens with zero attached hydrogens (tertiary/aromatic N) is 1. The van der Waals surface area contributed by atoms with Crippen LogP contribution in [-0.4, -0.2) is 32.2 Å². The molecule has 1 atom stereocenters. The molecule has 0 saturated carbocycles. The van der Waals surface area contributed by atoms with Crippen LogP contribution in [0.5, 0.6) is 11.5 Å². The molecular formula is C23H23IN2O5. The first kappa shape index (κ1) is 24.2. The highest BCUT2D eigenvalue weighted by molar-refractivity contribution is 14.1. The minimum atomic E-state index is -0.486. The SMILES string of the molecule is CCOC(=O)COc1c(I)cc(/C=C(/C#N)C(=O)N[C@@H](C)c2ccccc2)cc1OC. The van der Waals surface area contributed by atoms with Gasteiger partial charge in [0.25, 0.3) is 5.91 Å². The maximum atomic E-state index is 12.6. The summed E-state index contributed by atoms with van der Waals surface area (Å²) in [5, 5.41) is 12.3. The van der Waals surface area contributed by atoms with Crippen molar-refractivity contribution in [2.75, 3.05) is 20.3 Å². The van der Waals surface area contributed by atoms with E-state index in [0.717, 1.165) is 5.56 Å². The van der Waals surface area contributed by atoms with Crippen LogP contribution >= 0.6 is 22.6 Å². The number of ether oxygens (including phenoxy) is 3. The van der Waals surface area contributed by atoms with Crippen molar-refractivity contribution in [3.63, 3.8) is 0 Å². The first-order valence-corrected chi connectivity index (χ1v) is 10.6. The molecule has 8 heteroatoms. The van der Waals surface area contributed by atoms with Crippen LogP contribution in [-0.2, 0) is 14.3 Å². The van der Waals surface area contributed by atoms with Gasteiger partial charge in [-0.15, -0.1) is 0 Å². The van der Waals surface area contributed by atoms with E-state index < -0.39 is 11.9 Å². The topological polar surface area (TPSA) is 97.7 Å². The Labute approximate surface area is 195 Å². The van der Waals surface area contributed by atoms with Crippen LogP contribution in [0.15, 0.2) is 48.0 Å². The van der Waals surface area contributed by atoms with E-state index in [1.165, 1.54) is 13.2 Å². The highest BCUT2D eigenvalue weighted by Crippen LogP contribution is 2.34. The predicted molar refractivity (Wildman–Crippen MR) is 124 cm³/mol. The quantitative estimate of drug-likeness (QED) is 0.226. The van der Waals surface area contributed by atoms with Crippen LogP contribution in [0, 0.1) is 14.9 Å². The standard InChI is InChI=1S/C23H23IN2O5/c1-4-30-21(27)14-31-22-19(24)11-16(12-20(22)29-3)10-18(13-25)23(28)26-15(2)17-8-6-5-7-9-17/h5-12,15H,4,14H2,1-3H3,(H,26,28)/b18-10-/t15-/m0/s1. The lowest BCUT2D eigenvalue weighted by Gasteiger charge is -2.14. The Morgan fingerprint density at radius 2 is 1.97 bits per heavy atom. The molecule has 0 bridgehead atoms. The summed E-state index contributed by atoms with van der Waals surface area (Å²) in [6.07, 6.45) is 1.48. The molecule has 0 unspecified atom stereocenters. The molecule has 0 radical (unpaired) electrons. The second-order valence-corrected chi connectivity index (χ2v) is 7.57. The van der Waals surface area contributed by atoms with E-state index in [0.29, 0.717) is 20.6 Å². The second-order valence-electron chi connectivity index (χ2n) is 6.40. The summed E-state index contributed by atoms with van der Waals surface area (Å²) in [6, 6.07) is 14.5. The molecular weight excluding hydrogens is 511 g/mol. The van der Waals surface area contributed by atoms with Crippen molar-refractivity contribution in [2.24, 2.45) is 0 Å². The van der Waals surface area contributed by atoms with E-state index in [4.69, 9.17) is 14.2 Å². The maximum absolute atomic E-state index is 12.6. The Hall–Kier alpha value is -3.06.